The van der Waals surface area contributed by atoms with Crippen LogP contribution in [0.1, 0.15) is 25.3 Å². The minimum absolute atomic E-state index is 0.00435. The maximum absolute atomic E-state index is 11.7. The minimum atomic E-state index is 0.00435. The average Bonchev–Trinajstić information content (AvgIpc) is 2.26. The Bertz CT molecular complexity index is 348. The van der Waals surface area contributed by atoms with E-state index in [1.165, 1.54) is 0 Å². The van der Waals surface area contributed by atoms with Crippen LogP contribution in [0.15, 0.2) is 18.5 Å². The summed E-state index contributed by atoms with van der Waals surface area (Å²) in [6, 6.07) is 1.90. The molecule has 1 unspecified atom stereocenters. The molecule has 4 heteroatoms. The molecule has 0 saturated carbocycles. The van der Waals surface area contributed by atoms with Crippen molar-refractivity contribution in [2.24, 2.45) is 11.7 Å². The van der Waals surface area contributed by atoms with Crippen molar-refractivity contribution >= 4 is 11.6 Å². The van der Waals surface area contributed by atoms with Crippen LogP contribution < -0.4 is 11.1 Å². The molecular formula is C12H19N3O. The predicted molar refractivity (Wildman–Crippen MR) is 65.1 cm³/mol. The number of nitrogens with zero attached hydrogens (tertiary/aromatic N) is 1. The van der Waals surface area contributed by atoms with Gasteiger partial charge in [0.1, 0.15) is 0 Å². The molecule has 1 amide bonds. The van der Waals surface area contributed by atoms with Gasteiger partial charge in [0.2, 0.25) is 5.91 Å². The van der Waals surface area contributed by atoms with Gasteiger partial charge in [-0.25, -0.2) is 0 Å². The molecule has 1 atom stereocenters. The summed E-state index contributed by atoms with van der Waals surface area (Å²) in [7, 11) is 0. The Morgan fingerprint density at radius 3 is 2.88 bits per heavy atom. The van der Waals surface area contributed by atoms with Crippen molar-refractivity contribution in [3.63, 3.8) is 0 Å². The fraction of sp³-hybridized carbons (Fsp3) is 0.500. The SMILES string of the molecule is CCC(CN)CC(=O)Nc1cncc(C)c1. The highest BCUT2D eigenvalue weighted by Gasteiger charge is 2.10. The topological polar surface area (TPSA) is 68.0 Å². The zero-order chi connectivity index (χ0) is 12.0. The van der Waals surface area contributed by atoms with Crippen LogP contribution in [0.4, 0.5) is 5.69 Å². The van der Waals surface area contributed by atoms with Crippen molar-refractivity contribution < 1.29 is 4.79 Å². The van der Waals surface area contributed by atoms with Crippen LogP contribution in [0.3, 0.4) is 0 Å². The molecule has 1 aromatic rings. The molecule has 0 aliphatic carbocycles. The number of rotatable bonds is 5. The number of aryl methyl sites for hydroxylation is 1. The molecule has 4 nitrogen and oxygen atoms in total. The summed E-state index contributed by atoms with van der Waals surface area (Å²) in [4.78, 5) is 15.7. The number of hydrogen-bond acceptors (Lipinski definition) is 3. The van der Waals surface area contributed by atoms with E-state index in [1.54, 1.807) is 12.4 Å². The molecule has 16 heavy (non-hydrogen) atoms. The molecule has 0 aliphatic rings. The lowest BCUT2D eigenvalue weighted by Crippen LogP contribution is -2.21. The number of nitrogens with two attached hydrogens (primary N) is 1. The largest absolute Gasteiger partial charge is 0.330 e. The number of anilines is 1. The second-order valence-electron chi connectivity index (χ2n) is 4.01. The summed E-state index contributed by atoms with van der Waals surface area (Å²) < 4.78 is 0. The predicted octanol–water partition coefficient (Wildman–Crippen LogP) is 1.70. The third kappa shape index (κ3) is 3.98. The molecule has 0 radical (unpaired) electrons. The summed E-state index contributed by atoms with van der Waals surface area (Å²) in [6.45, 7) is 4.53. The molecule has 3 N–H and O–H groups in total. The van der Waals surface area contributed by atoms with E-state index in [0.717, 1.165) is 17.7 Å². The highest BCUT2D eigenvalue weighted by atomic mass is 16.1. The maximum atomic E-state index is 11.7. The Hall–Kier alpha value is -1.42. The first-order chi connectivity index (χ1) is 7.65. The van der Waals surface area contributed by atoms with Crippen molar-refractivity contribution in [1.29, 1.82) is 0 Å². The number of aromatic nitrogens is 1. The lowest BCUT2D eigenvalue weighted by molar-refractivity contribution is -0.117. The molecule has 0 bridgehead atoms. The quantitative estimate of drug-likeness (QED) is 0.795. The van der Waals surface area contributed by atoms with E-state index in [4.69, 9.17) is 5.73 Å². The van der Waals surface area contributed by atoms with Crippen LogP contribution in [0, 0.1) is 12.8 Å². The van der Waals surface area contributed by atoms with E-state index in [9.17, 15) is 4.79 Å². The van der Waals surface area contributed by atoms with Gasteiger partial charge in [-0.1, -0.05) is 13.3 Å². The fourth-order valence-electron chi connectivity index (χ4n) is 1.49. The van der Waals surface area contributed by atoms with E-state index in [0.29, 0.717) is 13.0 Å². The fourth-order valence-corrected chi connectivity index (χ4v) is 1.49. The zero-order valence-electron chi connectivity index (χ0n) is 9.86. The first kappa shape index (κ1) is 12.6. The monoisotopic (exact) mass is 221 g/mol. The van der Waals surface area contributed by atoms with Gasteiger partial charge in [-0.15, -0.1) is 0 Å². The Kier molecular flexibility index (Phi) is 4.92. The van der Waals surface area contributed by atoms with Gasteiger partial charge < -0.3 is 11.1 Å². The third-order valence-corrected chi connectivity index (χ3v) is 2.54. The van der Waals surface area contributed by atoms with E-state index >= 15 is 0 Å². The van der Waals surface area contributed by atoms with Gasteiger partial charge >= 0.3 is 0 Å². The molecule has 0 saturated heterocycles. The zero-order valence-corrected chi connectivity index (χ0v) is 9.86. The summed E-state index contributed by atoms with van der Waals surface area (Å²) in [5, 5.41) is 2.82. The van der Waals surface area contributed by atoms with Crippen LogP contribution in [0.5, 0.6) is 0 Å². The Morgan fingerprint density at radius 2 is 2.31 bits per heavy atom. The first-order valence-electron chi connectivity index (χ1n) is 5.57. The van der Waals surface area contributed by atoms with E-state index in [-0.39, 0.29) is 11.8 Å². The Morgan fingerprint density at radius 1 is 1.56 bits per heavy atom. The van der Waals surface area contributed by atoms with Crippen molar-refractivity contribution in [3.8, 4) is 0 Å². The van der Waals surface area contributed by atoms with Gasteiger partial charge in [-0.3, -0.25) is 9.78 Å². The second-order valence-corrected chi connectivity index (χ2v) is 4.01. The van der Waals surface area contributed by atoms with Crippen molar-refractivity contribution in [3.05, 3.63) is 24.0 Å². The summed E-state index contributed by atoms with van der Waals surface area (Å²) in [5.74, 6) is 0.266. The van der Waals surface area contributed by atoms with Crippen LogP contribution in [-0.2, 0) is 4.79 Å². The number of carbonyl (C=O) groups is 1. The molecular weight excluding hydrogens is 202 g/mol. The molecule has 1 heterocycles. The lowest BCUT2D eigenvalue weighted by atomic mass is 10.0. The number of pyridine rings is 1. The number of hydrogen-bond donors (Lipinski definition) is 2. The average molecular weight is 221 g/mol. The maximum Gasteiger partial charge on any atom is 0.224 e. The van der Waals surface area contributed by atoms with Gasteiger partial charge in [0.05, 0.1) is 11.9 Å². The van der Waals surface area contributed by atoms with Gasteiger partial charge in [0.25, 0.3) is 0 Å². The smallest absolute Gasteiger partial charge is 0.224 e. The molecule has 0 aromatic carbocycles. The standard InChI is InChI=1S/C12H19N3O/c1-3-10(6-13)5-12(16)15-11-4-9(2)7-14-8-11/h4,7-8,10H,3,5-6,13H2,1-2H3,(H,15,16). The number of amides is 1. The highest BCUT2D eigenvalue weighted by molar-refractivity contribution is 5.90. The first-order valence-corrected chi connectivity index (χ1v) is 5.57. The Balaban J connectivity index is 2.51. The van der Waals surface area contributed by atoms with E-state index in [1.807, 2.05) is 19.9 Å². The number of nitrogens with one attached hydrogen (secondary N) is 1. The molecule has 88 valence electrons. The van der Waals surface area contributed by atoms with Gasteiger partial charge in [0.15, 0.2) is 0 Å². The second kappa shape index (κ2) is 6.23. The van der Waals surface area contributed by atoms with Crippen LogP contribution in [0.2, 0.25) is 0 Å². The molecule has 0 aliphatic heterocycles. The molecule has 1 rings (SSSR count). The van der Waals surface area contributed by atoms with Crippen molar-refractivity contribution in [2.45, 2.75) is 26.7 Å². The molecule has 0 fully saturated rings. The van der Waals surface area contributed by atoms with Gasteiger partial charge in [-0.2, -0.15) is 0 Å². The van der Waals surface area contributed by atoms with Crippen LogP contribution in [-0.4, -0.2) is 17.4 Å². The van der Waals surface area contributed by atoms with Crippen molar-refractivity contribution in [2.75, 3.05) is 11.9 Å². The molecule has 1 aromatic heterocycles. The summed E-state index contributed by atoms with van der Waals surface area (Å²) in [5.41, 5.74) is 7.34. The molecule has 0 spiro atoms. The van der Waals surface area contributed by atoms with Crippen LogP contribution >= 0.6 is 0 Å². The van der Waals surface area contributed by atoms with Crippen molar-refractivity contribution in [1.82, 2.24) is 4.98 Å². The minimum Gasteiger partial charge on any atom is -0.330 e. The summed E-state index contributed by atoms with van der Waals surface area (Å²) >= 11 is 0. The summed E-state index contributed by atoms with van der Waals surface area (Å²) in [6.07, 6.45) is 4.80. The number of carbonyl (C=O) groups excluding carboxylic acids is 1. The van der Waals surface area contributed by atoms with Gasteiger partial charge in [0, 0.05) is 12.6 Å². The lowest BCUT2D eigenvalue weighted by Gasteiger charge is -2.11. The highest BCUT2D eigenvalue weighted by Crippen LogP contribution is 2.11. The van der Waals surface area contributed by atoms with E-state index in [2.05, 4.69) is 10.3 Å². The normalized spacial score (nSPS) is 12.2. The third-order valence-electron chi connectivity index (χ3n) is 2.54. The van der Waals surface area contributed by atoms with Crippen LogP contribution in [0.25, 0.3) is 0 Å². The van der Waals surface area contributed by atoms with Gasteiger partial charge in [-0.05, 0) is 31.0 Å². The Labute approximate surface area is 96.3 Å². The van der Waals surface area contributed by atoms with E-state index < -0.39 is 0 Å².